The number of nitrogens with one attached hydrogen (secondary N) is 1. The van der Waals surface area contributed by atoms with Crippen LogP contribution in [0.2, 0.25) is 0 Å². The Hall–Kier alpha value is -2.89. The molecular formula is C19H24N2O4. The number of rotatable bonds is 7. The lowest BCUT2D eigenvalue weighted by Crippen LogP contribution is -2.13. The third-order valence-electron chi connectivity index (χ3n) is 3.90. The second-order valence-corrected chi connectivity index (χ2v) is 5.66. The summed E-state index contributed by atoms with van der Waals surface area (Å²) in [6, 6.07) is 9.14. The van der Waals surface area contributed by atoms with Crippen LogP contribution in [0.1, 0.15) is 17.5 Å². The molecule has 134 valence electrons. The third kappa shape index (κ3) is 4.56. The van der Waals surface area contributed by atoms with Gasteiger partial charge in [-0.25, -0.2) is 0 Å². The summed E-state index contributed by atoms with van der Waals surface area (Å²) in [5, 5.41) is 2.89. The first kappa shape index (κ1) is 18.4. The van der Waals surface area contributed by atoms with E-state index in [-0.39, 0.29) is 5.91 Å². The van der Waals surface area contributed by atoms with Gasteiger partial charge in [-0.3, -0.25) is 4.79 Å². The van der Waals surface area contributed by atoms with Crippen LogP contribution in [0.5, 0.6) is 17.2 Å². The lowest BCUT2D eigenvalue weighted by molar-refractivity contribution is -0.116. The first-order valence-electron chi connectivity index (χ1n) is 7.93. The van der Waals surface area contributed by atoms with Gasteiger partial charge in [0.05, 0.1) is 21.3 Å². The van der Waals surface area contributed by atoms with Crippen LogP contribution in [0.15, 0.2) is 30.3 Å². The number of nitrogen functional groups attached to an aromatic ring is 1. The normalized spacial score (nSPS) is 10.2. The minimum absolute atomic E-state index is 0.0811. The van der Waals surface area contributed by atoms with Gasteiger partial charge in [0.1, 0.15) is 0 Å². The smallest absolute Gasteiger partial charge is 0.224 e. The average Bonchev–Trinajstić information content (AvgIpc) is 2.61. The van der Waals surface area contributed by atoms with Gasteiger partial charge in [-0.05, 0) is 48.7 Å². The predicted octanol–water partition coefficient (Wildman–Crippen LogP) is 3.17. The average molecular weight is 344 g/mol. The number of hydrogen-bond acceptors (Lipinski definition) is 5. The molecule has 0 unspecified atom stereocenters. The van der Waals surface area contributed by atoms with Crippen molar-refractivity contribution in [2.75, 3.05) is 32.4 Å². The quantitative estimate of drug-likeness (QED) is 0.754. The maximum Gasteiger partial charge on any atom is 0.224 e. The number of benzene rings is 2. The zero-order valence-corrected chi connectivity index (χ0v) is 15.0. The molecule has 0 saturated heterocycles. The first-order valence-corrected chi connectivity index (χ1v) is 7.93. The number of ether oxygens (including phenoxy) is 3. The van der Waals surface area contributed by atoms with Gasteiger partial charge >= 0.3 is 0 Å². The largest absolute Gasteiger partial charge is 0.493 e. The van der Waals surface area contributed by atoms with Crippen LogP contribution in [0.3, 0.4) is 0 Å². The van der Waals surface area contributed by atoms with E-state index in [2.05, 4.69) is 5.32 Å². The van der Waals surface area contributed by atoms with Crippen molar-refractivity contribution in [3.05, 3.63) is 41.5 Å². The van der Waals surface area contributed by atoms with Crippen molar-refractivity contribution < 1.29 is 19.0 Å². The van der Waals surface area contributed by atoms with E-state index in [0.717, 1.165) is 16.8 Å². The summed E-state index contributed by atoms with van der Waals surface area (Å²) in [5.74, 6) is 1.60. The van der Waals surface area contributed by atoms with Gasteiger partial charge in [-0.1, -0.05) is 6.07 Å². The molecule has 1 amide bonds. The fraction of sp³-hybridized carbons (Fsp3) is 0.316. The fourth-order valence-electron chi connectivity index (χ4n) is 2.52. The van der Waals surface area contributed by atoms with E-state index in [1.54, 1.807) is 33.5 Å². The molecule has 0 radical (unpaired) electrons. The summed E-state index contributed by atoms with van der Waals surface area (Å²) in [4.78, 5) is 12.2. The van der Waals surface area contributed by atoms with Crippen LogP contribution < -0.4 is 25.3 Å². The molecule has 0 aliphatic carbocycles. The van der Waals surface area contributed by atoms with Crippen molar-refractivity contribution >= 4 is 17.3 Å². The fourth-order valence-corrected chi connectivity index (χ4v) is 2.52. The highest BCUT2D eigenvalue weighted by Gasteiger charge is 2.14. The van der Waals surface area contributed by atoms with Gasteiger partial charge in [0.25, 0.3) is 0 Å². The Bertz CT molecular complexity index is 734. The monoisotopic (exact) mass is 344 g/mol. The number of aryl methyl sites for hydroxylation is 2. The molecule has 0 spiro atoms. The molecule has 0 aromatic heterocycles. The summed E-state index contributed by atoms with van der Waals surface area (Å²) in [7, 11) is 4.69. The van der Waals surface area contributed by atoms with Crippen LogP contribution in [0.4, 0.5) is 11.4 Å². The van der Waals surface area contributed by atoms with Crippen molar-refractivity contribution in [2.24, 2.45) is 0 Å². The molecule has 0 atom stereocenters. The van der Waals surface area contributed by atoms with Gasteiger partial charge in [-0.15, -0.1) is 0 Å². The van der Waals surface area contributed by atoms with Crippen molar-refractivity contribution in [3.8, 4) is 17.2 Å². The Kier molecular flexibility index (Phi) is 6.11. The Morgan fingerprint density at radius 1 is 1.04 bits per heavy atom. The number of anilines is 2. The van der Waals surface area contributed by atoms with E-state index in [1.165, 1.54) is 0 Å². The maximum atomic E-state index is 12.2. The summed E-state index contributed by atoms with van der Waals surface area (Å²) in [5.41, 5.74) is 9.01. The molecule has 0 aliphatic rings. The predicted molar refractivity (Wildman–Crippen MR) is 98.6 cm³/mol. The Balaban J connectivity index is 2.07. The van der Waals surface area contributed by atoms with E-state index in [4.69, 9.17) is 19.9 Å². The van der Waals surface area contributed by atoms with Crippen molar-refractivity contribution in [1.82, 2.24) is 0 Å². The number of carbonyl (C=O) groups is 1. The Labute approximate surface area is 147 Å². The molecule has 2 rings (SSSR count). The SMILES string of the molecule is COc1cc(CCC(=O)Nc2cc(N)ccc2C)cc(OC)c1OC. The molecule has 0 saturated carbocycles. The number of methoxy groups -OCH3 is 3. The summed E-state index contributed by atoms with van der Waals surface area (Å²) >= 11 is 0. The van der Waals surface area contributed by atoms with Crippen molar-refractivity contribution in [1.29, 1.82) is 0 Å². The Morgan fingerprint density at radius 2 is 1.68 bits per heavy atom. The van der Waals surface area contributed by atoms with Gasteiger partial charge in [0.2, 0.25) is 11.7 Å². The molecule has 6 nitrogen and oxygen atoms in total. The summed E-state index contributed by atoms with van der Waals surface area (Å²) in [6.45, 7) is 1.92. The third-order valence-corrected chi connectivity index (χ3v) is 3.90. The summed E-state index contributed by atoms with van der Waals surface area (Å²) in [6.07, 6.45) is 0.872. The van der Waals surface area contributed by atoms with E-state index in [0.29, 0.717) is 35.8 Å². The topological polar surface area (TPSA) is 82.8 Å². The number of nitrogens with two attached hydrogens (primary N) is 1. The molecule has 6 heteroatoms. The minimum Gasteiger partial charge on any atom is -0.493 e. The summed E-state index contributed by atoms with van der Waals surface area (Å²) < 4.78 is 16.0. The second-order valence-electron chi connectivity index (χ2n) is 5.66. The zero-order valence-electron chi connectivity index (χ0n) is 15.0. The van der Waals surface area contributed by atoms with Crippen LogP contribution in [-0.2, 0) is 11.2 Å². The van der Waals surface area contributed by atoms with Gasteiger partial charge < -0.3 is 25.3 Å². The van der Waals surface area contributed by atoms with Gasteiger partial charge in [-0.2, -0.15) is 0 Å². The zero-order chi connectivity index (χ0) is 18.4. The molecule has 0 bridgehead atoms. The number of hydrogen-bond donors (Lipinski definition) is 2. The molecule has 0 heterocycles. The van der Waals surface area contributed by atoms with Crippen LogP contribution in [0.25, 0.3) is 0 Å². The van der Waals surface area contributed by atoms with E-state index in [1.807, 2.05) is 25.1 Å². The van der Waals surface area contributed by atoms with E-state index in [9.17, 15) is 4.79 Å². The van der Waals surface area contributed by atoms with Crippen molar-refractivity contribution in [2.45, 2.75) is 19.8 Å². The van der Waals surface area contributed by atoms with Crippen molar-refractivity contribution in [3.63, 3.8) is 0 Å². The lowest BCUT2D eigenvalue weighted by atomic mass is 10.1. The van der Waals surface area contributed by atoms with Gasteiger partial charge in [0.15, 0.2) is 11.5 Å². The molecule has 3 N–H and O–H groups in total. The molecule has 25 heavy (non-hydrogen) atoms. The number of amides is 1. The highest BCUT2D eigenvalue weighted by Crippen LogP contribution is 2.38. The molecule has 0 fully saturated rings. The van der Waals surface area contributed by atoms with E-state index >= 15 is 0 Å². The van der Waals surface area contributed by atoms with Gasteiger partial charge in [0, 0.05) is 17.8 Å². The number of carbonyl (C=O) groups excluding carboxylic acids is 1. The maximum absolute atomic E-state index is 12.2. The van der Waals surface area contributed by atoms with Crippen LogP contribution in [-0.4, -0.2) is 27.2 Å². The second kappa shape index (κ2) is 8.28. The first-order chi connectivity index (χ1) is 12.0. The molecular weight excluding hydrogens is 320 g/mol. The van der Waals surface area contributed by atoms with Crippen LogP contribution >= 0.6 is 0 Å². The minimum atomic E-state index is -0.0811. The molecule has 2 aromatic rings. The Morgan fingerprint density at radius 3 is 2.24 bits per heavy atom. The highest BCUT2D eigenvalue weighted by atomic mass is 16.5. The highest BCUT2D eigenvalue weighted by molar-refractivity contribution is 5.92. The molecule has 2 aromatic carbocycles. The van der Waals surface area contributed by atoms with Crippen LogP contribution in [0, 0.1) is 6.92 Å². The lowest BCUT2D eigenvalue weighted by Gasteiger charge is -2.14. The van der Waals surface area contributed by atoms with E-state index < -0.39 is 0 Å². The standard InChI is InChI=1S/C19H24N2O4/c1-12-5-7-14(20)11-15(12)21-18(22)8-6-13-9-16(23-2)19(25-4)17(10-13)24-3/h5,7,9-11H,6,8,20H2,1-4H3,(H,21,22). The molecule has 0 aliphatic heterocycles.